The lowest BCUT2D eigenvalue weighted by molar-refractivity contribution is -0.143. The quantitative estimate of drug-likeness (QED) is 0.779. The molecular formula is C13H20ClNO5. The smallest absolute Gasteiger partial charge is 0.307 e. The molecule has 7 heteroatoms. The summed E-state index contributed by atoms with van der Waals surface area (Å²) in [4.78, 5) is 11.4. The first-order valence-electron chi connectivity index (χ1n) is 5.89. The van der Waals surface area contributed by atoms with Crippen LogP contribution in [0, 0.1) is 0 Å². The first-order chi connectivity index (χ1) is 9.03. The highest BCUT2D eigenvalue weighted by atomic mass is 35.5. The molecule has 20 heavy (non-hydrogen) atoms. The summed E-state index contributed by atoms with van der Waals surface area (Å²) in [6.07, 6.45) is -0.0376. The van der Waals surface area contributed by atoms with Crippen molar-refractivity contribution in [1.29, 1.82) is 0 Å². The standard InChI is InChI=1S/C13H19NO5.ClH/c1-4-19-12(16)7-9(14)13-10(15)5-8(17-2)6-11(13)18-3;/h5-6,9,15H,4,7,14H2,1-3H3;1H/t9-;/m0./s1. The molecule has 0 spiro atoms. The summed E-state index contributed by atoms with van der Waals surface area (Å²) >= 11 is 0. The zero-order valence-electron chi connectivity index (χ0n) is 11.7. The molecule has 6 nitrogen and oxygen atoms in total. The van der Waals surface area contributed by atoms with E-state index < -0.39 is 12.0 Å². The molecule has 0 fully saturated rings. The number of halogens is 1. The van der Waals surface area contributed by atoms with Crippen molar-refractivity contribution in [2.45, 2.75) is 19.4 Å². The molecule has 1 rings (SSSR count). The second-order valence-electron chi connectivity index (χ2n) is 3.88. The van der Waals surface area contributed by atoms with E-state index in [1.807, 2.05) is 0 Å². The average Bonchev–Trinajstić information content (AvgIpc) is 2.37. The molecule has 0 radical (unpaired) electrons. The lowest BCUT2D eigenvalue weighted by Gasteiger charge is -2.17. The van der Waals surface area contributed by atoms with E-state index in [1.165, 1.54) is 20.3 Å². The summed E-state index contributed by atoms with van der Waals surface area (Å²) in [5.74, 6) is 0.315. The molecule has 0 aliphatic carbocycles. The molecule has 0 amide bonds. The van der Waals surface area contributed by atoms with Crippen molar-refractivity contribution in [1.82, 2.24) is 0 Å². The van der Waals surface area contributed by atoms with Crippen LogP contribution in [0.25, 0.3) is 0 Å². The number of carbonyl (C=O) groups excluding carboxylic acids is 1. The van der Waals surface area contributed by atoms with Crippen LogP contribution in [-0.4, -0.2) is 31.9 Å². The second-order valence-corrected chi connectivity index (χ2v) is 3.88. The van der Waals surface area contributed by atoms with E-state index in [4.69, 9.17) is 19.9 Å². The minimum atomic E-state index is -0.708. The van der Waals surface area contributed by atoms with Crippen LogP contribution < -0.4 is 15.2 Å². The number of esters is 1. The molecule has 1 aromatic rings. The number of phenols is 1. The van der Waals surface area contributed by atoms with Crippen LogP contribution in [0.1, 0.15) is 24.9 Å². The number of methoxy groups -OCH3 is 2. The third-order valence-electron chi connectivity index (χ3n) is 2.61. The fraction of sp³-hybridized carbons (Fsp3) is 0.462. The van der Waals surface area contributed by atoms with Crippen LogP contribution in [0.2, 0.25) is 0 Å². The van der Waals surface area contributed by atoms with Gasteiger partial charge in [0.05, 0.1) is 32.8 Å². The van der Waals surface area contributed by atoms with Crippen LogP contribution in [0.15, 0.2) is 12.1 Å². The molecule has 0 aromatic heterocycles. The summed E-state index contributed by atoms with van der Waals surface area (Å²) in [6, 6.07) is 2.31. The number of nitrogens with two attached hydrogens (primary N) is 1. The van der Waals surface area contributed by atoms with Gasteiger partial charge in [-0.05, 0) is 6.92 Å². The van der Waals surface area contributed by atoms with E-state index in [2.05, 4.69) is 0 Å². The minimum absolute atomic E-state index is 0. The number of aromatic hydroxyl groups is 1. The van der Waals surface area contributed by atoms with Crippen molar-refractivity contribution in [3.63, 3.8) is 0 Å². The highest BCUT2D eigenvalue weighted by molar-refractivity contribution is 5.85. The predicted octanol–water partition coefficient (Wildman–Crippen LogP) is 1.78. The Labute approximate surface area is 124 Å². The number of rotatable bonds is 6. The lowest BCUT2D eigenvalue weighted by atomic mass is 10.0. The molecule has 0 aliphatic heterocycles. The monoisotopic (exact) mass is 305 g/mol. The van der Waals surface area contributed by atoms with Crippen LogP contribution >= 0.6 is 12.4 Å². The van der Waals surface area contributed by atoms with E-state index in [-0.39, 0.29) is 31.2 Å². The fourth-order valence-corrected chi connectivity index (χ4v) is 1.75. The van der Waals surface area contributed by atoms with Gasteiger partial charge in [0.2, 0.25) is 0 Å². The minimum Gasteiger partial charge on any atom is -0.507 e. The zero-order chi connectivity index (χ0) is 14.4. The Morgan fingerprint density at radius 2 is 2.00 bits per heavy atom. The predicted molar refractivity (Wildman–Crippen MR) is 76.6 cm³/mol. The van der Waals surface area contributed by atoms with Gasteiger partial charge in [0.1, 0.15) is 17.2 Å². The Balaban J connectivity index is 0.00000361. The zero-order valence-corrected chi connectivity index (χ0v) is 12.5. The Morgan fingerprint density at radius 1 is 1.35 bits per heavy atom. The van der Waals surface area contributed by atoms with Crippen LogP contribution in [0.4, 0.5) is 0 Å². The van der Waals surface area contributed by atoms with Crippen molar-refractivity contribution < 1.29 is 24.1 Å². The number of hydrogen-bond acceptors (Lipinski definition) is 6. The van der Waals surface area contributed by atoms with Crippen molar-refractivity contribution >= 4 is 18.4 Å². The first-order valence-corrected chi connectivity index (χ1v) is 5.89. The Morgan fingerprint density at radius 3 is 2.50 bits per heavy atom. The third-order valence-corrected chi connectivity index (χ3v) is 2.61. The van der Waals surface area contributed by atoms with Gasteiger partial charge in [-0.3, -0.25) is 4.79 Å². The number of phenolic OH excluding ortho intramolecular Hbond substituents is 1. The summed E-state index contributed by atoms with van der Waals surface area (Å²) in [5, 5.41) is 9.96. The van der Waals surface area contributed by atoms with E-state index in [0.717, 1.165) is 0 Å². The van der Waals surface area contributed by atoms with E-state index >= 15 is 0 Å². The average molecular weight is 306 g/mol. The maximum atomic E-state index is 11.4. The first kappa shape index (κ1) is 18.3. The number of carbonyl (C=O) groups is 1. The summed E-state index contributed by atoms with van der Waals surface area (Å²) in [6.45, 7) is 2.01. The topological polar surface area (TPSA) is 91.0 Å². The van der Waals surface area contributed by atoms with E-state index in [0.29, 0.717) is 17.1 Å². The maximum absolute atomic E-state index is 11.4. The molecule has 0 saturated carbocycles. The van der Waals surface area contributed by atoms with Gasteiger partial charge in [0.25, 0.3) is 0 Å². The molecule has 0 saturated heterocycles. The second kappa shape index (κ2) is 8.50. The van der Waals surface area contributed by atoms with Gasteiger partial charge in [-0.1, -0.05) is 0 Å². The SMILES string of the molecule is CCOC(=O)C[C@H](N)c1c(O)cc(OC)cc1OC.Cl. The number of ether oxygens (including phenoxy) is 3. The number of benzene rings is 1. The molecule has 1 aromatic carbocycles. The van der Waals surface area contributed by atoms with Crippen molar-refractivity contribution in [2.75, 3.05) is 20.8 Å². The van der Waals surface area contributed by atoms with Gasteiger partial charge in [-0.25, -0.2) is 0 Å². The molecule has 0 aliphatic rings. The van der Waals surface area contributed by atoms with Gasteiger partial charge < -0.3 is 25.1 Å². The molecule has 0 unspecified atom stereocenters. The maximum Gasteiger partial charge on any atom is 0.307 e. The van der Waals surface area contributed by atoms with Crippen LogP contribution in [-0.2, 0) is 9.53 Å². The summed E-state index contributed by atoms with van der Waals surface area (Å²) in [7, 11) is 2.93. The van der Waals surface area contributed by atoms with Gasteiger partial charge in [-0.15, -0.1) is 12.4 Å². The van der Waals surface area contributed by atoms with Crippen LogP contribution in [0.5, 0.6) is 17.2 Å². The van der Waals surface area contributed by atoms with Crippen molar-refractivity contribution in [3.05, 3.63) is 17.7 Å². The largest absolute Gasteiger partial charge is 0.507 e. The molecule has 0 bridgehead atoms. The van der Waals surface area contributed by atoms with E-state index in [9.17, 15) is 9.90 Å². The molecule has 0 heterocycles. The van der Waals surface area contributed by atoms with Gasteiger partial charge in [0.15, 0.2) is 0 Å². The molecule has 114 valence electrons. The van der Waals surface area contributed by atoms with E-state index in [1.54, 1.807) is 13.0 Å². The Bertz CT molecular complexity index is 453. The normalized spacial score (nSPS) is 11.2. The Kier molecular flexibility index (Phi) is 7.79. The molecular weight excluding hydrogens is 286 g/mol. The highest BCUT2D eigenvalue weighted by Gasteiger charge is 2.21. The lowest BCUT2D eigenvalue weighted by Crippen LogP contribution is -2.18. The summed E-state index contributed by atoms with van der Waals surface area (Å²) in [5.41, 5.74) is 6.27. The van der Waals surface area contributed by atoms with Crippen molar-refractivity contribution in [3.8, 4) is 17.2 Å². The van der Waals surface area contributed by atoms with Crippen molar-refractivity contribution in [2.24, 2.45) is 5.73 Å². The third kappa shape index (κ3) is 4.47. The molecule has 3 N–H and O–H groups in total. The van der Waals surface area contributed by atoms with Gasteiger partial charge in [0, 0.05) is 18.2 Å². The van der Waals surface area contributed by atoms with Gasteiger partial charge in [-0.2, -0.15) is 0 Å². The fourth-order valence-electron chi connectivity index (χ4n) is 1.75. The van der Waals surface area contributed by atoms with Gasteiger partial charge >= 0.3 is 5.97 Å². The Hall–Kier alpha value is -1.66. The number of hydrogen-bond donors (Lipinski definition) is 2. The summed E-state index contributed by atoms with van der Waals surface area (Å²) < 4.78 is 15.0. The highest BCUT2D eigenvalue weighted by Crippen LogP contribution is 2.37. The molecule has 1 atom stereocenters. The van der Waals surface area contributed by atoms with Crippen LogP contribution in [0.3, 0.4) is 0 Å².